The maximum absolute atomic E-state index is 11.7. The third-order valence-corrected chi connectivity index (χ3v) is 5.30. The average molecular weight is 296 g/mol. The summed E-state index contributed by atoms with van der Waals surface area (Å²) < 4.78 is 5.67. The first kappa shape index (κ1) is 13.6. The lowest BCUT2D eigenvalue weighted by Crippen LogP contribution is -2.09. The SMILES string of the molecule is CCc1cccc2c(O)c3c(c(OC(C)=O)c12)C1CCC3C1. The molecule has 114 valence electrons. The number of fused-ring (bicyclic) bond motifs is 6. The molecule has 0 heterocycles. The number of ether oxygens (including phenoxy) is 1. The van der Waals surface area contributed by atoms with Gasteiger partial charge in [-0.05, 0) is 43.1 Å². The van der Waals surface area contributed by atoms with Crippen molar-refractivity contribution in [3.05, 3.63) is 34.9 Å². The highest BCUT2D eigenvalue weighted by atomic mass is 16.5. The van der Waals surface area contributed by atoms with Gasteiger partial charge >= 0.3 is 5.97 Å². The van der Waals surface area contributed by atoms with Crippen molar-refractivity contribution in [3.63, 3.8) is 0 Å². The third-order valence-electron chi connectivity index (χ3n) is 5.30. The highest BCUT2D eigenvalue weighted by Crippen LogP contribution is 2.61. The van der Waals surface area contributed by atoms with Gasteiger partial charge in [-0.3, -0.25) is 4.79 Å². The van der Waals surface area contributed by atoms with E-state index < -0.39 is 0 Å². The number of carbonyl (C=O) groups is 1. The highest BCUT2D eigenvalue weighted by Gasteiger charge is 2.42. The van der Waals surface area contributed by atoms with E-state index in [1.807, 2.05) is 18.2 Å². The molecule has 22 heavy (non-hydrogen) atoms. The molecule has 3 nitrogen and oxygen atoms in total. The van der Waals surface area contributed by atoms with Gasteiger partial charge in [-0.2, -0.15) is 0 Å². The Morgan fingerprint density at radius 3 is 2.68 bits per heavy atom. The summed E-state index contributed by atoms with van der Waals surface area (Å²) in [5.74, 6) is 1.67. The van der Waals surface area contributed by atoms with Crippen molar-refractivity contribution < 1.29 is 14.6 Å². The number of aryl methyl sites for hydroxylation is 1. The van der Waals surface area contributed by atoms with Crippen LogP contribution in [0.2, 0.25) is 0 Å². The Labute approximate surface area is 129 Å². The number of rotatable bonds is 2. The summed E-state index contributed by atoms with van der Waals surface area (Å²) in [6.45, 7) is 3.54. The lowest BCUT2D eigenvalue weighted by Gasteiger charge is -2.23. The van der Waals surface area contributed by atoms with Crippen LogP contribution >= 0.6 is 0 Å². The van der Waals surface area contributed by atoms with E-state index in [1.165, 1.54) is 6.92 Å². The fraction of sp³-hybridized carbons (Fsp3) is 0.421. The van der Waals surface area contributed by atoms with Crippen molar-refractivity contribution in [1.82, 2.24) is 0 Å². The summed E-state index contributed by atoms with van der Waals surface area (Å²) in [5.41, 5.74) is 3.25. The predicted octanol–water partition coefficient (Wildman–Crippen LogP) is 4.40. The van der Waals surface area contributed by atoms with E-state index in [1.54, 1.807) is 0 Å². The molecule has 0 spiro atoms. The first-order valence-corrected chi connectivity index (χ1v) is 8.10. The second-order valence-electron chi connectivity index (χ2n) is 6.50. The minimum Gasteiger partial charge on any atom is -0.507 e. The van der Waals surface area contributed by atoms with Crippen LogP contribution in [-0.2, 0) is 11.2 Å². The van der Waals surface area contributed by atoms with E-state index in [0.29, 0.717) is 23.3 Å². The van der Waals surface area contributed by atoms with Crippen LogP contribution in [0.3, 0.4) is 0 Å². The third kappa shape index (κ3) is 1.71. The van der Waals surface area contributed by atoms with E-state index >= 15 is 0 Å². The van der Waals surface area contributed by atoms with Gasteiger partial charge in [-0.1, -0.05) is 25.1 Å². The van der Waals surface area contributed by atoms with Crippen LogP contribution < -0.4 is 4.74 Å². The Hall–Kier alpha value is -2.03. The van der Waals surface area contributed by atoms with Crippen molar-refractivity contribution in [3.8, 4) is 11.5 Å². The number of esters is 1. The number of hydrogen-bond acceptors (Lipinski definition) is 3. The number of phenols is 1. The first-order valence-electron chi connectivity index (χ1n) is 8.10. The van der Waals surface area contributed by atoms with Gasteiger partial charge in [-0.15, -0.1) is 0 Å². The van der Waals surface area contributed by atoms with Gasteiger partial charge in [0.25, 0.3) is 0 Å². The molecule has 0 radical (unpaired) electrons. The van der Waals surface area contributed by atoms with Gasteiger partial charge in [0.1, 0.15) is 11.5 Å². The minimum absolute atomic E-state index is 0.289. The number of aromatic hydroxyl groups is 1. The van der Waals surface area contributed by atoms with E-state index in [9.17, 15) is 9.90 Å². The molecule has 0 aromatic heterocycles. The van der Waals surface area contributed by atoms with Gasteiger partial charge in [0.05, 0.1) is 0 Å². The lowest BCUT2D eigenvalue weighted by atomic mass is 9.86. The van der Waals surface area contributed by atoms with Crippen LogP contribution in [-0.4, -0.2) is 11.1 Å². The quantitative estimate of drug-likeness (QED) is 0.660. The number of phenolic OH excluding ortho intramolecular Hbond substituents is 1. The van der Waals surface area contributed by atoms with Gasteiger partial charge in [0.2, 0.25) is 0 Å². The second kappa shape index (κ2) is 4.73. The van der Waals surface area contributed by atoms with Crippen molar-refractivity contribution in [1.29, 1.82) is 0 Å². The van der Waals surface area contributed by atoms with Crippen LogP contribution in [0, 0.1) is 0 Å². The molecule has 1 saturated carbocycles. The Morgan fingerprint density at radius 2 is 2.00 bits per heavy atom. The fourth-order valence-corrected chi connectivity index (χ4v) is 4.46. The Bertz CT molecular complexity index is 791. The van der Waals surface area contributed by atoms with E-state index in [0.717, 1.165) is 53.1 Å². The van der Waals surface area contributed by atoms with Crippen LogP contribution in [0.5, 0.6) is 11.5 Å². The van der Waals surface area contributed by atoms with E-state index in [2.05, 4.69) is 6.92 Å². The summed E-state index contributed by atoms with van der Waals surface area (Å²) in [5, 5.41) is 12.6. The smallest absolute Gasteiger partial charge is 0.308 e. The van der Waals surface area contributed by atoms with E-state index in [4.69, 9.17) is 4.74 Å². The summed E-state index contributed by atoms with van der Waals surface area (Å²) >= 11 is 0. The van der Waals surface area contributed by atoms with Crippen molar-refractivity contribution in [2.45, 2.75) is 51.4 Å². The van der Waals surface area contributed by atoms with E-state index in [-0.39, 0.29) is 5.97 Å². The average Bonchev–Trinajstić information content (AvgIpc) is 3.11. The summed E-state index contributed by atoms with van der Waals surface area (Å²) in [7, 11) is 0. The lowest BCUT2D eigenvalue weighted by molar-refractivity contribution is -0.131. The first-order chi connectivity index (χ1) is 10.6. The molecule has 0 saturated heterocycles. The largest absolute Gasteiger partial charge is 0.507 e. The molecule has 2 bridgehead atoms. The standard InChI is InChI=1S/C19H20O3/c1-3-11-5-4-6-14-15(11)19(22-10(2)20)17-13-8-7-12(9-13)16(17)18(14)21/h4-6,12-13,21H,3,7-9H2,1-2H3. The number of carbonyl (C=O) groups excluding carboxylic acids is 1. The normalized spacial score (nSPS) is 22.1. The maximum Gasteiger partial charge on any atom is 0.308 e. The number of hydrogen-bond donors (Lipinski definition) is 1. The molecule has 2 aromatic carbocycles. The number of benzene rings is 2. The van der Waals surface area contributed by atoms with Crippen molar-refractivity contribution in [2.24, 2.45) is 0 Å². The van der Waals surface area contributed by atoms with Gasteiger partial charge in [0.15, 0.2) is 0 Å². The van der Waals surface area contributed by atoms with Gasteiger partial charge in [-0.25, -0.2) is 0 Å². The molecule has 2 aromatic rings. The van der Waals surface area contributed by atoms with Gasteiger partial charge < -0.3 is 9.84 Å². The topological polar surface area (TPSA) is 46.5 Å². The minimum atomic E-state index is -0.289. The summed E-state index contributed by atoms with van der Waals surface area (Å²) in [6.07, 6.45) is 4.18. The molecular formula is C19H20O3. The summed E-state index contributed by atoms with van der Waals surface area (Å²) in [4.78, 5) is 11.7. The molecule has 2 unspecified atom stereocenters. The Morgan fingerprint density at radius 1 is 1.27 bits per heavy atom. The van der Waals surface area contributed by atoms with Crippen LogP contribution in [0.25, 0.3) is 10.8 Å². The molecule has 0 amide bonds. The molecule has 4 rings (SSSR count). The zero-order valence-corrected chi connectivity index (χ0v) is 13.0. The second-order valence-corrected chi connectivity index (χ2v) is 6.50. The Kier molecular flexibility index (Phi) is 2.93. The fourth-order valence-electron chi connectivity index (χ4n) is 4.46. The maximum atomic E-state index is 11.7. The molecular weight excluding hydrogens is 276 g/mol. The summed E-state index contributed by atoms with van der Waals surface area (Å²) in [6, 6.07) is 5.95. The molecule has 2 aliphatic rings. The molecule has 0 aliphatic heterocycles. The molecule has 3 heteroatoms. The Balaban J connectivity index is 2.13. The highest BCUT2D eigenvalue weighted by molar-refractivity contribution is 6.00. The van der Waals surface area contributed by atoms with Crippen molar-refractivity contribution >= 4 is 16.7 Å². The monoisotopic (exact) mass is 296 g/mol. The molecule has 1 fully saturated rings. The van der Waals surface area contributed by atoms with Crippen LogP contribution in [0.15, 0.2) is 18.2 Å². The molecule has 2 atom stereocenters. The van der Waals surface area contributed by atoms with Crippen molar-refractivity contribution in [2.75, 3.05) is 0 Å². The van der Waals surface area contributed by atoms with Gasteiger partial charge in [0, 0.05) is 28.8 Å². The zero-order chi connectivity index (χ0) is 15.4. The zero-order valence-electron chi connectivity index (χ0n) is 13.0. The van der Waals surface area contributed by atoms with Crippen LogP contribution in [0.1, 0.15) is 61.6 Å². The molecule has 2 aliphatic carbocycles. The predicted molar refractivity (Wildman–Crippen MR) is 85.6 cm³/mol. The molecule has 1 N–H and O–H groups in total. The van der Waals surface area contributed by atoms with Crippen LogP contribution in [0.4, 0.5) is 0 Å².